The minimum absolute atomic E-state index is 0.392. The van der Waals surface area contributed by atoms with Crippen molar-refractivity contribution in [3.05, 3.63) is 70.1 Å². The monoisotopic (exact) mass is 414 g/mol. The van der Waals surface area contributed by atoms with Crippen LogP contribution in [0.1, 0.15) is 20.0 Å². The maximum atomic E-state index is 12.3. The summed E-state index contributed by atoms with van der Waals surface area (Å²) in [4.78, 5) is 25.8. The Morgan fingerprint density at radius 3 is 2.36 bits per heavy atom. The van der Waals surface area contributed by atoms with Crippen LogP contribution in [-0.2, 0) is 0 Å². The lowest BCUT2D eigenvalue weighted by Crippen LogP contribution is -2.41. The van der Waals surface area contributed by atoms with Crippen molar-refractivity contribution in [2.75, 3.05) is 13.2 Å². The minimum atomic E-state index is -0.423. The van der Waals surface area contributed by atoms with Gasteiger partial charge in [0.25, 0.3) is 11.8 Å². The fraction of sp³-hybridized carbons (Fsp3) is 0.100. The molecule has 2 heterocycles. The second kappa shape index (κ2) is 7.92. The van der Waals surface area contributed by atoms with Gasteiger partial charge >= 0.3 is 0 Å². The van der Waals surface area contributed by atoms with Gasteiger partial charge in [-0.3, -0.25) is 20.4 Å². The van der Waals surface area contributed by atoms with Crippen LogP contribution in [0.5, 0.6) is 11.5 Å². The Bertz CT molecular complexity index is 1030. The Balaban J connectivity index is 1.41. The summed E-state index contributed by atoms with van der Waals surface area (Å²) in [5.41, 5.74) is 6.14. The summed E-state index contributed by atoms with van der Waals surface area (Å²) in [6.45, 7) is 1.05. The van der Waals surface area contributed by atoms with Crippen molar-refractivity contribution in [3.63, 3.8) is 0 Å². The molecular weight excluding hydrogens is 400 g/mol. The lowest BCUT2D eigenvalue weighted by Gasteiger charge is -2.18. The van der Waals surface area contributed by atoms with E-state index >= 15 is 0 Å². The lowest BCUT2D eigenvalue weighted by atomic mass is 10.1. The highest BCUT2D eigenvalue weighted by molar-refractivity contribution is 7.17. The minimum Gasteiger partial charge on any atom is -0.486 e. The van der Waals surface area contributed by atoms with Crippen LogP contribution in [0.25, 0.3) is 10.4 Å². The predicted octanol–water partition coefficient (Wildman–Crippen LogP) is 3.91. The first-order valence-electron chi connectivity index (χ1n) is 8.46. The van der Waals surface area contributed by atoms with Crippen molar-refractivity contribution < 1.29 is 19.1 Å². The average molecular weight is 415 g/mol. The normalized spacial score (nSPS) is 12.3. The summed E-state index contributed by atoms with van der Waals surface area (Å²) in [6, 6.07) is 15.6. The molecule has 1 aromatic heterocycles. The van der Waals surface area contributed by atoms with E-state index in [1.807, 2.05) is 24.3 Å². The van der Waals surface area contributed by atoms with Crippen molar-refractivity contribution >= 4 is 34.8 Å². The number of hydrogen-bond donors (Lipinski definition) is 2. The summed E-state index contributed by atoms with van der Waals surface area (Å²) in [5.74, 6) is 0.595. The highest BCUT2D eigenvalue weighted by atomic mass is 35.5. The molecule has 6 nitrogen and oxygen atoms in total. The van der Waals surface area contributed by atoms with Crippen LogP contribution in [-0.4, -0.2) is 25.0 Å². The predicted molar refractivity (Wildman–Crippen MR) is 107 cm³/mol. The molecule has 8 heteroatoms. The molecule has 0 aliphatic carbocycles. The van der Waals surface area contributed by atoms with E-state index in [0.29, 0.717) is 34.4 Å². The first-order valence-corrected chi connectivity index (χ1v) is 9.66. The zero-order chi connectivity index (χ0) is 19.5. The van der Waals surface area contributed by atoms with Crippen molar-refractivity contribution in [1.82, 2.24) is 10.9 Å². The third-order valence-corrected chi connectivity index (χ3v) is 5.44. The number of carbonyl (C=O) groups is 2. The Hall–Kier alpha value is -3.03. The van der Waals surface area contributed by atoms with Gasteiger partial charge in [-0.05, 0) is 60.2 Å². The molecule has 0 spiro atoms. The number of halogens is 1. The van der Waals surface area contributed by atoms with Crippen LogP contribution >= 0.6 is 22.9 Å². The molecule has 2 N–H and O–H groups in total. The van der Waals surface area contributed by atoms with Gasteiger partial charge in [-0.15, -0.1) is 11.3 Å². The van der Waals surface area contributed by atoms with Crippen LogP contribution in [0.3, 0.4) is 0 Å². The molecule has 3 aromatic rings. The zero-order valence-corrected chi connectivity index (χ0v) is 16.1. The summed E-state index contributed by atoms with van der Waals surface area (Å²) < 4.78 is 11.1. The molecule has 0 atom stereocenters. The summed E-state index contributed by atoms with van der Waals surface area (Å²) in [6.07, 6.45) is 0. The Labute approximate surface area is 170 Å². The van der Waals surface area contributed by atoms with Crippen molar-refractivity contribution in [2.24, 2.45) is 0 Å². The molecule has 142 valence electrons. The van der Waals surface area contributed by atoms with Gasteiger partial charge in [-0.25, -0.2) is 0 Å². The molecule has 28 heavy (non-hydrogen) atoms. The van der Waals surface area contributed by atoms with Gasteiger partial charge in [0.15, 0.2) is 11.5 Å². The number of ether oxygens (including phenoxy) is 2. The highest BCUT2D eigenvalue weighted by Gasteiger charge is 2.15. The maximum absolute atomic E-state index is 12.3. The Kier molecular flexibility index (Phi) is 5.18. The Morgan fingerprint density at radius 1 is 0.857 bits per heavy atom. The van der Waals surface area contributed by atoms with E-state index in [9.17, 15) is 9.59 Å². The second-order valence-corrected chi connectivity index (χ2v) is 7.46. The van der Waals surface area contributed by atoms with Crippen LogP contribution in [0.15, 0.2) is 54.6 Å². The molecule has 1 aliphatic rings. The van der Waals surface area contributed by atoms with E-state index in [1.54, 1.807) is 30.3 Å². The molecular formula is C20H15ClN2O4S. The number of rotatable bonds is 3. The summed E-state index contributed by atoms with van der Waals surface area (Å²) >= 11 is 7.12. The van der Waals surface area contributed by atoms with Gasteiger partial charge in [0.1, 0.15) is 13.2 Å². The molecule has 0 saturated carbocycles. The Morgan fingerprint density at radius 2 is 1.57 bits per heavy atom. The summed E-state index contributed by atoms with van der Waals surface area (Å²) in [7, 11) is 0. The smallest absolute Gasteiger partial charge is 0.279 e. The van der Waals surface area contributed by atoms with Gasteiger partial charge in [-0.2, -0.15) is 0 Å². The van der Waals surface area contributed by atoms with E-state index in [-0.39, 0.29) is 0 Å². The van der Waals surface area contributed by atoms with Crippen LogP contribution in [0, 0.1) is 0 Å². The fourth-order valence-electron chi connectivity index (χ4n) is 2.66. The number of hydrazine groups is 1. The molecule has 0 radical (unpaired) electrons. The number of fused-ring (bicyclic) bond motifs is 1. The van der Waals surface area contributed by atoms with Gasteiger partial charge < -0.3 is 9.47 Å². The van der Waals surface area contributed by atoms with Gasteiger partial charge in [-0.1, -0.05) is 11.6 Å². The number of hydrogen-bond acceptors (Lipinski definition) is 5. The fourth-order valence-corrected chi connectivity index (χ4v) is 3.68. The van der Waals surface area contributed by atoms with Gasteiger partial charge in [0.05, 0.1) is 4.88 Å². The molecule has 1 aliphatic heterocycles. The standard InChI is InChI=1S/C20H15ClN2O4S/c21-14-4-1-12(2-5-14)19(24)22-23-20(25)18-8-7-17(28-18)13-3-6-15-16(11-13)27-10-9-26-15/h1-8,11H,9-10H2,(H,22,24)(H,23,25). The van der Waals surface area contributed by atoms with Crippen molar-refractivity contribution in [3.8, 4) is 21.9 Å². The first kappa shape index (κ1) is 18.3. The quantitative estimate of drug-likeness (QED) is 0.637. The first-order chi connectivity index (χ1) is 13.6. The SMILES string of the molecule is O=C(NNC(=O)c1ccc(-c2ccc3c(c2)OCCO3)s1)c1ccc(Cl)cc1. The van der Waals surface area contributed by atoms with Crippen LogP contribution in [0.4, 0.5) is 0 Å². The van der Waals surface area contributed by atoms with Crippen LogP contribution < -0.4 is 20.3 Å². The third kappa shape index (κ3) is 3.95. The van der Waals surface area contributed by atoms with Gasteiger partial charge in [0.2, 0.25) is 0 Å². The number of carbonyl (C=O) groups excluding carboxylic acids is 2. The van der Waals surface area contributed by atoms with Crippen molar-refractivity contribution in [1.29, 1.82) is 0 Å². The molecule has 4 rings (SSSR count). The molecule has 0 fully saturated rings. The topological polar surface area (TPSA) is 76.7 Å². The largest absolute Gasteiger partial charge is 0.486 e. The third-order valence-electron chi connectivity index (χ3n) is 4.05. The number of benzene rings is 2. The zero-order valence-electron chi connectivity index (χ0n) is 14.5. The highest BCUT2D eigenvalue weighted by Crippen LogP contribution is 2.36. The number of amides is 2. The molecule has 0 bridgehead atoms. The van der Waals surface area contributed by atoms with Crippen molar-refractivity contribution in [2.45, 2.75) is 0 Å². The lowest BCUT2D eigenvalue weighted by molar-refractivity contribution is 0.0849. The average Bonchev–Trinajstić information content (AvgIpc) is 3.22. The molecule has 0 saturated heterocycles. The number of thiophene rings is 1. The van der Waals surface area contributed by atoms with Gasteiger partial charge in [0, 0.05) is 15.5 Å². The van der Waals surface area contributed by atoms with E-state index in [4.69, 9.17) is 21.1 Å². The molecule has 2 amide bonds. The van der Waals surface area contributed by atoms with E-state index in [1.165, 1.54) is 11.3 Å². The number of nitrogens with one attached hydrogen (secondary N) is 2. The maximum Gasteiger partial charge on any atom is 0.279 e. The van der Waals surface area contributed by atoms with E-state index < -0.39 is 11.8 Å². The second-order valence-electron chi connectivity index (χ2n) is 5.94. The summed E-state index contributed by atoms with van der Waals surface area (Å²) in [5, 5.41) is 0.533. The van der Waals surface area contributed by atoms with Crippen LogP contribution in [0.2, 0.25) is 5.02 Å². The van der Waals surface area contributed by atoms with E-state index in [0.717, 1.165) is 16.2 Å². The molecule has 0 unspecified atom stereocenters. The van der Waals surface area contributed by atoms with E-state index in [2.05, 4.69) is 10.9 Å². The molecule has 2 aromatic carbocycles.